The van der Waals surface area contributed by atoms with Gasteiger partial charge in [-0.05, 0) is 43.5 Å². The average Bonchev–Trinajstić information content (AvgIpc) is 3.22. The largest absolute Gasteiger partial charge is 0.478 e. The topological polar surface area (TPSA) is 54.9 Å². The molecular weight excluding hydrogens is 390 g/mol. The van der Waals surface area contributed by atoms with Gasteiger partial charge in [-0.25, -0.2) is 4.98 Å². The Labute approximate surface area is 177 Å². The Morgan fingerprint density at radius 3 is 2.62 bits per heavy atom. The van der Waals surface area contributed by atoms with Crippen molar-refractivity contribution in [3.63, 3.8) is 0 Å². The molecule has 0 spiro atoms. The number of benzene rings is 1. The van der Waals surface area contributed by atoms with Crippen molar-refractivity contribution in [2.75, 3.05) is 38.8 Å². The lowest BCUT2D eigenvalue weighted by Crippen LogP contribution is -2.37. The van der Waals surface area contributed by atoms with E-state index in [4.69, 9.17) is 21.1 Å². The van der Waals surface area contributed by atoms with E-state index < -0.39 is 0 Å². The van der Waals surface area contributed by atoms with Crippen molar-refractivity contribution >= 4 is 23.2 Å². The molecule has 2 aromatic rings. The number of hydrogen-bond donors (Lipinski definition) is 0. The zero-order chi connectivity index (χ0) is 20.8. The number of rotatable bonds is 8. The summed E-state index contributed by atoms with van der Waals surface area (Å²) < 4.78 is 11.2. The molecule has 29 heavy (non-hydrogen) atoms. The molecule has 0 N–H and O–H groups in total. The van der Waals surface area contributed by atoms with E-state index in [-0.39, 0.29) is 17.7 Å². The average molecular weight is 418 g/mol. The van der Waals surface area contributed by atoms with Crippen LogP contribution in [0.1, 0.15) is 35.8 Å². The lowest BCUT2D eigenvalue weighted by molar-refractivity contribution is 0.0502. The highest BCUT2D eigenvalue weighted by molar-refractivity contribution is 6.33. The molecule has 3 rings (SSSR count). The van der Waals surface area contributed by atoms with E-state index in [1.807, 2.05) is 50.2 Å². The van der Waals surface area contributed by atoms with Crippen molar-refractivity contribution in [3.05, 3.63) is 52.7 Å². The van der Waals surface area contributed by atoms with E-state index in [9.17, 15) is 4.79 Å². The van der Waals surface area contributed by atoms with E-state index in [0.29, 0.717) is 30.6 Å². The van der Waals surface area contributed by atoms with Gasteiger partial charge in [-0.2, -0.15) is 0 Å². The first-order valence-electron chi connectivity index (χ1n) is 9.94. The SMILES string of the molecule is CCOc1ccc(Cl)c(C(=O)N(Cc2ccc(N(C)C)cc2)CC2CCCO2)n1. The van der Waals surface area contributed by atoms with Crippen LogP contribution in [0.4, 0.5) is 5.69 Å². The summed E-state index contributed by atoms with van der Waals surface area (Å²) >= 11 is 6.31. The number of carbonyl (C=O) groups excluding carboxylic acids is 1. The molecule has 156 valence electrons. The van der Waals surface area contributed by atoms with Crippen LogP contribution in [-0.4, -0.2) is 55.7 Å². The Hall–Kier alpha value is -2.31. The molecule has 0 saturated carbocycles. The van der Waals surface area contributed by atoms with Crippen LogP contribution in [0.2, 0.25) is 5.02 Å². The summed E-state index contributed by atoms with van der Waals surface area (Å²) in [6, 6.07) is 11.5. The summed E-state index contributed by atoms with van der Waals surface area (Å²) in [5, 5.41) is 0.318. The number of amides is 1. The lowest BCUT2D eigenvalue weighted by atomic mass is 10.1. The van der Waals surface area contributed by atoms with Crippen molar-refractivity contribution in [2.45, 2.75) is 32.4 Å². The quantitative estimate of drug-likeness (QED) is 0.649. The highest BCUT2D eigenvalue weighted by Gasteiger charge is 2.26. The molecule has 1 aliphatic rings. The number of aromatic nitrogens is 1. The zero-order valence-corrected chi connectivity index (χ0v) is 18.0. The number of ether oxygens (including phenoxy) is 2. The fourth-order valence-electron chi connectivity index (χ4n) is 3.33. The molecule has 1 saturated heterocycles. The summed E-state index contributed by atoms with van der Waals surface area (Å²) in [5.41, 5.74) is 2.36. The second-order valence-electron chi connectivity index (χ2n) is 7.29. The highest BCUT2D eigenvalue weighted by atomic mass is 35.5. The third-order valence-corrected chi connectivity index (χ3v) is 5.18. The summed E-state index contributed by atoms with van der Waals surface area (Å²) in [6.45, 7) is 4.05. The van der Waals surface area contributed by atoms with Gasteiger partial charge in [0.15, 0.2) is 5.69 Å². The maximum atomic E-state index is 13.3. The van der Waals surface area contributed by atoms with Crippen LogP contribution < -0.4 is 9.64 Å². The molecule has 1 atom stereocenters. The molecule has 1 aliphatic heterocycles. The molecule has 7 heteroatoms. The Morgan fingerprint density at radius 2 is 2.00 bits per heavy atom. The van der Waals surface area contributed by atoms with E-state index in [0.717, 1.165) is 30.7 Å². The van der Waals surface area contributed by atoms with Gasteiger partial charge in [0.2, 0.25) is 5.88 Å². The van der Waals surface area contributed by atoms with Crippen molar-refractivity contribution in [2.24, 2.45) is 0 Å². The Morgan fingerprint density at radius 1 is 1.24 bits per heavy atom. The smallest absolute Gasteiger partial charge is 0.274 e. The van der Waals surface area contributed by atoms with Crippen molar-refractivity contribution in [3.8, 4) is 5.88 Å². The molecule has 6 nitrogen and oxygen atoms in total. The summed E-state index contributed by atoms with van der Waals surface area (Å²) in [6.07, 6.45) is 2.00. The first kappa shape index (κ1) is 21.4. The standard InChI is InChI=1S/C22H28ClN3O3/c1-4-28-20-12-11-19(23)21(24-20)22(27)26(15-18-6-5-13-29-18)14-16-7-9-17(10-8-16)25(2)3/h7-12,18H,4-6,13-15H2,1-3H3. The van der Waals surface area contributed by atoms with Crippen LogP contribution >= 0.6 is 11.6 Å². The van der Waals surface area contributed by atoms with Crippen LogP contribution in [-0.2, 0) is 11.3 Å². The predicted molar refractivity (Wildman–Crippen MR) is 115 cm³/mol. The van der Waals surface area contributed by atoms with Gasteiger partial charge in [-0.15, -0.1) is 0 Å². The van der Waals surface area contributed by atoms with Gasteiger partial charge in [-0.1, -0.05) is 23.7 Å². The molecule has 1 amide bonds. The molecule has 0 bridgehead atoms. The van der Waals surface area contributed by atoms with Gasteiger partial charge in [0.05, 0.1) is 17.7 Å². The van der Waals surface area contributed by atoms with E-state index in [1.54, 1.807) is 17.0 Å². The van der Waals surface area contributed by atoms with Gasteiger partial charge in [0.1, 0.15) is 0 Å². The third-order valence-electron chi connectivity index (χ3n) is 4.88. The van der Waals surface area contributed by atoms with Crippen molar-refractivity contribution in [1.29, 1.82) is 0 Å². The molecular formula is C22H28ClN3O3. The second kappa shape index (κ2) is 9.94. The number of hydrogen-bond acceptors (Lipinski definition) is 5. The van der Waals surface area contributed by atoms with Gasteiger partial charge >= 0.3 is 0 Å². The summed E-state index contributed by atoms with van der Waals surface area (Å²) in [4.78, 5) is 21.5. The zero-order valence-electron chi connectivity index (χ0n) is 17.2. The van der Waals surface area contributed by atoms with Gasteiger partial charge in [0, 0.05) is 45.5 Å². The maximum absolute atomic E-state index is 13.3. The molecule has 2 heterocycles. The Kier molecular flexibility index (Phi) is 7.34. The second-order valence-corrected chi connectivity index (χ2v) is 7.70. The first-order chi connectivity index (χ1) is 14.0. The molecule has 1 aromatic heterocycles. The van der Waals surface area contributed by atoms with Crippen LogP contribution in [0.25, 0.3) is 0 Å². The monoisotopic (exact) mass is 417 g/mol. The molecule has 0 aliphatic carbocycles. The molecule has 0 radical (unpaired) electrons. The van der Waals surface area contributed by atoms with E-state index in [1.165, 1.54) is 0 Å². The predicted octanol–water partition coefficient (Wildman–Crippen LogP) is 4.02. The lowest BCUT2D eigenvalue weighted by Gasteiger charge is -2.26. The van der Waals surface area contributed by atoms with E-state index >= 15 is 0 Å². The number of nitrogens with zero attached hydrogens (tertiary/aromatic N) is 3. The first-order valence-corrected chi connectivity index (χ1v) is 10.3. The summed E-state index contributed by atoms with van der Waals surface area (Å²) in [5.74, 6) is 0.177. The molecule has 1 unspecified atom stereocenters. The number of pyridine rings is 1. The van der Waals surface area contributed by atoms with Crippen LogP contribution in [0.3, 0.4) is 0 Å². The maximum Gasteiger partial charge on any atom is 0.274 e. The Bertz CT molecular complexity index is 821. The van der Waals surface area contributed by atoms with Gasteiger partial charge < -0.3 is 19.3 Å². The minimum absolute atomic E-state index is 0.0360. The van der Waals surface area contributed by atoms with E-state index in [2.05, 4.69) is 4.98 Å². The van der Waals surface area contributed by atoms with Crippen LogP contribution in [0, 0.1) is 0 Å². The van der Waals surface area contributed by atoms with Crippen molar-refractivity contribution in [1.82, 2.24) is 9.88 Å². The molecule has 1 aromatic carbocycles. The molecule has 1 fully saturated rings. The minimum atomic E-state index is -0.219. The van der Waals surface area contributed by atoms with Crippen LogP contribution in [0.15, 0.2) is 36.4 Å². The third kappa shape index (κ3) is 5.61. The normalized spacial score (nSPS) is 15.9. The fraction of sp³-hybridized carbons (Fsp3) is 0.455. The highest BCUT2D eigenvalue weighted by Crippen LogP contribution is 2.23. The summed E-state index contributed by atoms with van der Waals surface area (Å²) in [7, 11) is 4.00. The minimum Gasteiger partial charge on any atom is -0.478 e. The van der Waals surface area contributed by atoms with Gasteiger partial charge in [-0.3, -0.25) is 4.79 Å². The number of halogens is 1. The number of anilines is 1. The number of carbonyl (C=O) groups is 1. The van der Waals surface area contributed by atoms with Crippen molar-refractivity contribution < 1.29 is 14.3 Å². The van der Waals surface area contributed by atoms with Crippen LogP contribution in [0.5, 0.6) is 5.88 Å². The van der Waals surface area contributed by atoms with Gasteiger partial charge in [0.25, 0.3) is 5.91 Å². The fourth-order valence-corrected chi connectivity index (χ4v) is 3.51. The Balaban J connectivity index is 1.84.